The van der Waals surface area contributed by atoms with Crippen molar-refractivity contribution in [1.29, 1.82) is 0 Å². The fourth-order valence-corrected chi connectivity index (χ4v) is 6.36. The zero-order valence-electron chi connectivity index (χ0n) is 25.7. The third-order valence-electron chi connectivity index (χ3n) is 7.80. The maximum atomic E-state index is 14.5. The molecule has 0 bridgehead atoms. The van der Waals surface area contributed by atoms with Crippen molar-refractivity contribution >= 4 is 44.4 Å². The molecule has 0 saturated carbocycles. The number of aryl methyl sites for hydroxylation is 1. The molecule has 0 spiro atoms. The van der Waals surface area contributed by atoms with E-state index in [4.69, 9.17) is 4.74 Å². The molecule has 1 amide bonds. The van der Waals surface area contributed by atoms with Crippen LogP contribution in [-0.2, 0) is 19.4 Å². The first-order valence-corrected chi connectivity index (χ1v) is 16.0. The number of carboxylic acids is 1. The minimum Gasteiger partial charge on any atom is -0.491 e. The molecular formula is C36H32FN5O4S. The number of carboxylic acid groups (broad SMARTS) is 1. The highest BCUT2D eigenvalue weighted by atomic mass is 32.1. The Labute approximate surface area is 275 Å². The number of amides is 1. The SMILES string of the molecule is CNCC#Cc1ccc(OCCCc2ccc(N3CCc4cccc(C(=O)Nc5nc6ccccc6s5)c4C3)nc2C(=O)O)c(F)c1. The summed E-state index contributed by atoms with van der Waals surface area (Å²) < 4.78 is 21.1. The van der Waals surface area contributed by atoms with Gasteiger partial charge >= 0.3 is 5.97 Å². The van der Waals surface area contributed by atoms with Gasteiger partial charge in [0.2, 0.25) is 0 Å². The zero-order chi connectivity index (χ0) is 32.8. The van der Waals surface area contributed by atoms with Gasteiger partial charge in [-0.3, -0.25) is 10.1 Å². The van der Waals surface area contributed by atoms with Crippen LogP contribution in [0.15, 0.2) is 72.8 Å². The van der Waals surface area contributed by atoms with E-state index in [1.807, 2.05) is 47.4 Å². The minimum absolute atomic E-state index is 0.0363. The molecule has 3 aromatic carbocycles. The number of nitrogens with one attached hydrogen (secondary N) is 2. The second-order valence-corrected chi connectivity index (χ2v) is 12.0. The smallest absolute Gasteiger partial charge is 0.354 e. The standard InChI is InChI=1S/C36H32FN5O4S/c1-38-18-5-7-23-13-15-30(28(37)21-23)46-20-6-9-25-14-16-32(40-33(25)35(44)45)42-19-17-24-8-4-10-26(27(24)22-42)34(43)41-36-39-29-11-2-3-12-31(29)47-36/h2-4,8,10-16,21,38H,6,9,17-20,22H2,1H3,(H,44,45)(H,39,41,43). The number of aromatic carboxylic acids is 1. The summed E-state index contributed by atoms with van der Waals surface area (Å²) in [7, 11) is 1.79. The Balaban J connectivity index is 1.11. The average molecular weight is 650 g/mol. The largest absolute Gasteiger partial charge is 0.491 e. The molecular weight excluding hydrogens is 617 g/mol. The third-order valence-corrected chi connectivity index (χ3v) is 8.75. The molecule has 0 saturated heterocycles. The van der Waals surface area contributed by atoms with Crippen LogP contribution >= 0.6 is 11.3 Å². The third kappa shape index (κ3) is 7.41. The van der Waals surface area contributed by atoms with Crippen LogP contribution in [0.25, 0.3) is 10.2 Å². The molecule has 0 aliphatic carbocycles. The van der Waals surface area contributed by atoms with E-state index < -0.39 is 11.8 Å². The van der Waals surface area contributed by atoms with Crippen molar-refractivity contribution in [1.82, 2.24) is 15.3 Å². The van der Waals surface area contributed by atoms with Crippen LogP contribution in [0, 0.1) is 17.7 Å². The summed E-state index contributed by atoms with van der Waals surface area (Å²) in [4.78, 5) is 36.7. The Hall–Kier alpha value is -5.31. The molecule has 5 aromatic rings. The molecule has 0 atom stereocenters. The van der Waals surface area contributed by atoms with Gasteiger partial charge in [0.25, 0.3) is 5.91 Å². The highest BCUT2D eigenvalue weighted by Gasteiger charge is 2.25. The Morgan fingerprint density at radius 2 is 1.96 bits per heavy atom. The number of halogens is 1. The van der Waals surface area contributed by atoms with E-state index >= 15 is 0 Å². The summed E-state index contributed by atoms with van der Waals surface area (Å²) in [5, 5.41) is 16.4. The summed E-state index contributed by atoms with van der Waals surface area (Å²) in [6.07, 6.45) is 1.54. The zero-order valence-corrected chi connectivity index (χ0v) is 26.5. The molecule has 1 aliphatic heterocycles. The van der Waals surface area contributed by atoms with Crippen molar-refractivity contribution in [3.63, 3.8) is 0 Å². The summed E-state index contributed by atoms with van der Waals surface area (Å²) in [6.45, 7) is 1.74. The van der Waals surface area contributed by atoms with Gasteiger partial charge in [0, 0.05) is 24.2 Å². The monoisotopic (exact) mass is 649 g/mol. The van der Waals surface area contributed by atoms with Crippen LogP contribution < -0.4 is 20.3 Å². The Morgan fingerprint density at radius 3 is 2.77 bits per heavy atom. The van der Waals surface area contributed by atoms with Crippen molar-refractivity contribution in [3.8, 4) is 17.6 Å². The summed E-state index contributed by atoms with van der Waals surface area (Å²) in [5.74, 6) is 4.54. The lowest BCUT2D eigenvalue weighted by molar-refractivity contribution is 0.0689. The van der Waals surface area contributed by atoms with E-state index in [-0.39, 0.29) is 24.0 Å². The number of rotatable bonds is 10. The number of fused-ring (bicyclic) bond motifs is 2. The van der Waals surface area contributed by atoms with E-state index in [1.165, 1.54) is 17.4 Å². The number of benzene rings is 3. The topological polar surface area (TPSA) is 117 Å². The van der Waals surface area contributed by atoms with E-state index in [9.17, 15) is 19.1 Å². The number of thiazole rings is 1. The van der Waals surface area contributed by atoms with Crippen LogP contribution in [0.5, 0.6) is 5.75 Å². The second kappa shape index (κ2) is 14.4. The van der Waals surface area contributed by atoms with Gasteiger partial charge in [-0.05, 0) is 85.5 Å². The predicted molar refractivity (Wildman–Crippen MR) is 181 cm³/mol. The average Bonchev–Trinajstić information content (AvgIpc) is 3.49. The molecule has 0 radical (unpaired) electrons. The lowest BCUT2D eigenvalue weighted by Crippen LogP contribution is -2.33. The Bertz CT molecular complexity index is 1990. The van der Waals surface area contributed by atoms with Crippen LogP contribution in [0.2, 0.25) is 0 Å². The van der Waals surface area contributed by atoms with Gasteiger partial charge < -0.3 is 20.1 Å². The number of aromatic nitrogens is 2. The van der Waals surface area contributed by atoms with Crippen molar-refractivity contribution in [3.05, 3.63) is 112 Å². The van der Waals surface area contributed by atoms with Gasteiger partial charge in [-0.25, -0.2) is 19.2 Å². The number of hydrogen-bond acceptors (Lipinski definition) is 8. The van der Waals surface area contributed by atoms with Crippen molar-refractivity contribution < 1.29 is 23.8 Å². The van der Waals surface area contributed by atoms with Crippen LogP contribution in [-0.4, -0.2) is 53.7 Å². The number of anilines is 2. The van der Waals surface area contributed by atoms with Gasteiger partial charge in [-0.2, -0.15) is 0 Å². The first-order valence-electron chi connectivity index (χ1n) is 15.2. The van der Waals surface area contributed by atoms with E-state index in [0.29, 0.717) is 66.5 Å². The minimum atomic E-state index is -1.13. The van der Waals surface area contributed by atoms with E-state index in [1.54, 1.807) is 31.3 Å². The van der Waals surface area contributed by atoms with Gasteiger partial charge in [0.1, 0.15) is 5.82 Å². The quantitative estimate of drug-likeness (QED) is 0.126. The highest BCUT2D eigenvalue weighted by molar-refractivity contribution is 7.22. The van der Waals surface area contributed by atoms with Crippen molar-refractivity contribution in [2.75, 3.05) is 37.0 Å². The summed E-state index contributed by atoms with van der Waals surface area (Å²) >= 11 is 1.42. The number of carbonyl (C=O) groups excluding carboxylic acids is 1. The molecule has 9 nitrogen and oxygen atoms in total. The number of hydrogen-bond donors (Lipinski definition) is 3. The maximum absolute atomic E-state index is 14.5. The number of para-hydroxylation sites is 1. The number of ether oxygens (including phenoxy) is 1. The van der Waals surface area contributed by atoms with Crippen molar-refractivity contribution in [2.24, 2.45) is 0 Å². The van der Waals surface area contributed by atoms with Crippen LogP contribution in [0.3, 0.4) is 0 Å². The number of carbonyl (C=O) groups is 2. The predicted octanol–water partition coefficient (Wildman–Crippen LogP) is 5.93. The Morgan fingerprint density at radius 1 is 1.09 bits per heavy atom. The molecule has 0 fully saturated rings. The van der Waals surface area contributed by atoms with Gasteiger partial charge in [0.05, 0.1) is 23.4 Å². The molecule has 0 unspecified atom stereocenters. The molecule has 3 heterocycles. The molecule has 11 heteroatoms. The van der Waals surface area contributed by atoms with Crippen LogP contribution in [0.1, 0.15) is 49.5 Å². The molecule has 47 heavy (non-hydrogen) atoms. The fraction of sp³-hybridized carbons (Fsp3) is 0.222. The summed E-state index contributed by atoms with van der Waals surface area (Å²) in [6, 6.07) is 21.6. The molecule has 3 N–H and O–H groups in total. The molecule has 2 aromatic heterocycles. The lowest BCUT2D eigenvalue weighted by Gasteiger charge is -2.31. The first kappa shape index (κ1) is 31.7. The van der Waals surface area contributed by atoms with Gasteiger partial charge in [-0.1, -0.05) is 53.5 Å². The lowest BCUT2D eigenvalue weighted by atomic mass is 9.94. The first-order chi connectivity index (χ1) is 22.9. The van der Waals surface area contributed by atoms with Crippen molar-refractivity contribution in [2.45, 2.75) is 25.8 Å². The number of nitrogens with zero attached hydrogens (tertiary/aromatic N) is 3. The Kier molecular flexibility index (Phi) is 9.71. The highest BCUT2D eigenvalue weighted by Crippen LogP contribution is 2.30. The van der Waals surface area contributed by atoms with Gasteiger partial charge in [-0.15, -0.1) is 0 Å². The number of pyridine rings is 1. The molecule has 6 rings (SSSR count). The van der Waals surface area contributed by atoms with Crippen LogP contribution in [0.4, 0.5) is 15.3 Å². The summed E-state index contributed by atoms with van der Waals surface area (Å²) in [5.41, 5.74) is 4.41. The van der Waals surface area contributed by atoms with E-state index in [0.717, 1.165) is 21.3 Å². The van der Waals surface area contributed by atoms with Gasteiger partial charge in [0.15, 0.2) is 22.4 Å². The maximum Gasteiger partial charge on any atom is 0.354 e. The van der Waals surface area contributed by atoms with E-state index in [2.05, 4.69) is 32.4 Å². The second-order valence-electron chi connectivity index (χ2n) is 11.0. The fourth-order valence-electron chi connectivity index (χ4n) is 5.50. The molecule has 1 aliphatic rings. The molecule has 238 valence electrons. The normalized spacial score (nSPS) is 12.3.